The number of nitrogens with zero attached hydrogens (tertiary/aromatic N) is 5. The molecule has 2 aromatic rings. The Balaban J connectivity index is 1.35. The Kier molecular flexibility index (Phi) is 4.33. The summed E-state index contributed by atoms with van der Waals surface area (Å²) in [5.41, 5.74) is 1.28. The molecule has 0 N–H and O–H groups in total. The summed E-state index contributed by atoms with van der Waals surface area (Å²) in [5.74, 6) is 2.22. The van der Waals surface area contributed by atoms with Crippen LogP contribution in [-0.2, 0) is 0 Å². The van der Waals surface area contributed by atoms with Gasteiger partial charge in [-0.3, -0.25) is 14.8 Å². The van der Waals surface area contributed by atoms with E-state index in [1.807, 2.05) is 18.5 Å². The maximum atomic E-state index is 5.50. The van der Waals surface area contributed by atoms with Gasteiger partial charge in [-0.2, -0.15) is 4.98 Å². The number of piperazine rings is 1. The molecule has 1 aliphatic heterocycles. The van der Waals surface area contributed by atoms with Gasteiger partial charge in [-0.05, 0) is 38.3 Å². The summed E-state index contributed by atoms with van der Waals surface area (Å²) in [5, 5.41) is 4.15. The normalized spacial score (nSPS) is 22.4. The zero-order chi connectivity index (χ0) is 16.5. The van der Waals surface area contributed by atoms with Crippen molar-refractivity contribution in [3.8, 4) is 0 Å². The van der Waals surface area contributed by atoms with Crippen molar-refractivity contribution < 1.29 is 4.52 Å². The first-order valence-electron chi connectivity index (χ1n) is 8.94. The van der Waals surface area contributed by atoms with Gasteiger partial charge in [0.2, 0.25) is 5.89 Å². The van der Waals surface area contributed by atoms with Gasteiger partial charge in [0.15, 0.2) is 5.82 Å². The Morgan fingerprint density at radius 3 is 2.42 bits per heavy atom. The minimum Gasteiger partial charge on any atom is -0.338 e. The van der Waals surface area contributed by atoms with Crippen LogP contribution in [0.4, 0.5) is 0 Å². The van der Waals surface area contributed by atoms with Gasteiger partial charge in [0.25, 0.3) is 0 Å². The molecule has 1 aliphatic carbocycles. The van der Waals surface area contributed by atoms with Crippen LogP contribution in [0.1, 0.15) is 62.0 Å². The van der Waals surface area contributed by atoms with E-state index in [2.05, 4.69) is 44.8 Å². The number of pyridine rings is 1. The van der Waals surface area contributed by atoms with Gasteiger partial charge in [0, 0.05) is 50.5 Å². The van der Waals surface area contributed by atoms with Crippen molar-refractivity contribution >= 4 is 0 Å². The van der Waals surface area contributed by atoms with Gasteiger partial charge in [-0.15, -0.1) is 0 Å². The topological polar surface area (TPSA) is 58.3 Å². The fourth-order valence-corrected chi connectivity index (χ4v) is 3.43. The van der Waals surface area contributed by atoms with Crippen LogP contribution in [0.2, 0.25) is 0 Å². The van der Waals surface area contributed by atoms with Crippen molar-refractivity contribution in [1.29, 1.82) is 0 Å². The molecule has 4 rings (SSSR count). The third-order valence-electron chi connectivity index (χ3n) is 5.37. The van der Waals surface area contributed by atoms with Crippen LogP contribution in [0.5, 0.6) is 0 Å². The van der Waals surface area contributed by atoms with Crippen LogP contribution in [0.3, 0.4) is 0 Å². The van der Waals surface area contributed by atoms with Gasteiger partial charge in [-0.1, -0.05) is 11.2 Å². The molecule has 0 amide bonds. The molecule has 6 heteroatoms. The van der Waals surface area contributed by atoms with Crippen LogP contribution in [0.25, 0.3) is 0 Å². The fraction of sp³-hybridized carbons (Fsp3) is 0.611. The highest BCUT2D eigenvalue weighted by Crippen LogP contribution is 2.38. The van der Waals surface area contributed by atoms with Crippen LogP contribution in [0, 0.1) is 0 Å². The van der Waals surface area contributed by atoms with E-state index in [0.717, 1.165) is 37.9 Å². The third-order valence-corrected chi connectivity index (χ3v) is 5.37. The summed E-state index contributed by atoms with van der Waals surface area (Å²) in [7, 11) is 0. The Morgan fingerprint density at radius 1 is 1.08 bits per heavy atom. The molecule has 0 radical (unpaired) electrons. The van der Waals surface area contributed by atoms with Gasteiger partial charge >= 0.3 is 0 Å². The number of hydrogen-bond acceptors (Lipinski definition) is 6. The molecule has 2 aromatic heterocycles. The van der Waals surface area contributed by atoms with Crippen molar-refractivity contribution in [3.05, 3.63) is 41.8 Å². The largest absolute Gasteiger partial charge is 0.338 e. The number of rotatable bonds is 5. The molecular weight excluding hydrogens is 302 g/mol. The Morgan fingerprint density at radius 2 is 1.79 bits per heavy atom. The Bertz CT molecular complexity index is 661. The first-order valence-corrected chi connectivity index (χ1v) is 8.94. The van der Waals surface area contributed by atoms with Gasteiger partial charge in [0.05, 0.1) is 6.04 Å². The van der Waals surface area contributed by atoms with Crippen molar-refractivity contribution in [2.75, 3.05) is 26.2 Å². The summed E-state index contributed by atoms with van der Waals surface area (Å²) in [6.07, 6.45) is 6.21. The summed E-state index contributed by atoms with van der Waals surface area (Å²) in [6.45, 7) is 8.56. The number of aromatic nitrogens is 3. The molecule has 0 aromatic carbocycles. The zero-order valence-electron chi connectivity index (χ0n) is 14.4. The summed E-state index contributed by atoms with van der Waals surface area (Å²) in [4.78, 5) is 13.8. The highest BCUT2D eigenvalue weighted by Gasteiger charge is 2.32. The zero-order valence-corrected chi connectivity index (χ0v) is 14.4. The summed E-state index contributed by atoms with van der Waals surface area (Å²) >= 11 is 0. The van der Waals surface area contributed by atoms with E-state index in [1.54, 1.807) is 0 Å². The second kappa shape index (κ2) is 6.61. The van der Waals surface area contributed by atoms with E-state index >= 15 is 0 Å². The smallest absolute Gasteiger partial charge is 0.243 e. The second-order valence-electron chi connectivity index (χ2n) is 6.98. The molecule has 6 nitrogen and oxygen atoms in total. The maximum absolute atomic E-state index is 5.50. The predicted octanol–water partition coefficient (Wildman–Crippen LogP) is 2.78. The lowest BCUT2D eigenvalue weighted by Gasteiger charge is -2.39. The quantitative estimate of drug-likeness (QED) is 0.841. The SMILES string of the molecule is CC(c1cccnc1)N1CCN(C(C)c2nc(C3CC3)no2)CC1. The molecule has 128 valence electrons. The molecule has 0 bridgehead atoms. The molecule has 1 saturated carbocycles. The minimum absolute atomic E-state index is 0.195. The monoisotopic (exact) mass is 327 g/mol. The molecule has 2 atom stereocenters. The molecular formula is C18H25N5O. The van der Waals surface area contributed by atoms with Crippen LogP contribution < -0.4 is 0 Å². The summed E-state index contributed by atoms with van der Waals surface area (Å²) < 4.78 is 5.50. The van der Waals surface area contributed by atoms with E-state index in [1.165, 1.54) is 18.4 Å². The standard InChI is InChI=1S/C18H25N5O/c1-13(16-4-3-7-19-12-16)22-8-10-23(11-9-22)14(2)18-20-17(21-24-18)15-5-6-15/h3-4,7,12-15H,5-6,8-11H2,1-2H3. The molecule has 1 saturated heterocycles. The molecule has 2 unspecified atom stereocenters. The molecule has 0 spiro atoms. The lowest BCUT2D eigenvalue weighted by atomic mass is 10.1. The first-order chi connectivity index (χ1) is 11.7. The first kappa shape index (κ1) is 15.7. The second-order valence-corrected chi connectivity index (χ2v) is 6.98. The Labute approximate surface area is 142 Å². The van der Waals surface area contributed by atoms with Crippen LogP contribution in [-0.4, -0.2) is 51.1 Å². The molecule has 2 fully saturated rings. The highest BCUT2D eigenvalue weighted by atomic mass is 16.5. The molecule has 2 aliphatic rings. The van der Waals surface area contributed by atoms with Crippen molar-refractivity contribution in [2.24, 2.45) is 0 Å². The van der Waals surface area contributed by atoms with Crippen molar-refractivity contribution in [3.63, 3.8) is 0 Å². The van der Waals surface area contributed by atoms with E-state index in [-0.39, 0.29) is 6.04 Å². The average Bonchev–Trinajstić information content (AvgIpc) is 3.38. The average molecular weight is 327 g/mol. The maximum Gasteiger partial charge on any atom is 0.243 e. The van der Waals surface area contributed by atoms with Crippen molar-refractivity contribution in [1.82, 2.24) is 24.9 Å². The molecule has 3 heterocycles. The van der Waals surface area contributed by atoms with Crippen LogP contribution in [0.15, 0.2) is 29.0 Å². The predicted molar refractivity (Wildman–Crippen MR) is 90.5 cm³/mol. The van der Waals surface area contributed by atoms with E-state index < -0.39 is 0 Å². The lowest BCUT2D eigenvalue weighted by molar-refractivity contribution is 0.0677. The lowest BCUT2D eigenvalue weighted by Crippen LogP contribution is -2.47. The minimum atomic E-state index is 0.195. The Hall–Kier alpha value is -1.79. The summed E-state index contributed by atoms with van der Waals surface area (Å²) in [6, 6.07) is 4.77. The number of hydrogen-bond donors (Lipinski definition) is 0. The fourth-order valence-electron chi connectivity index (χ4n) is 3.43. The van der Waals surface area contributed by atoms with Crippen LogP contribution >= 0.6 is 0 Å². The van der Waals surface area contributed by atoms with Gasteiger partial charge in [-0.25, -0.2) is 0 Å². The van der Waals surface area contributed by atoms with E-state index in [4.69, 9.17) is 4.52 Å². The van der Waals surface area contributed by atoms with Crippen molar-refractivity contribution in [2.45, 2.75) is 44.7 Å². The molecule has 24 heavy (non-hydrogen) atoms. The van der Waals surface area contributed by atoms with E-state index in [9.17, 15) is 0 Å². The third kappa shape index (κ3) is 3.21. The highest BCUT2D eigenvalue weighted by molar-refractivity contribution is 5.13. The van der Waals surface area contributed by atoms with Gasteiger partial charge in [0.1, 0.15) is 0 Å². The van der Waals surface area contributed by atoms with E-state index in [0.29, 0.717) is 12.0 Å². The van der Waals surface area contributed by atoms with Gasteiger partial charge < -0.3 is 4.52 Å².